The Bertz CT molecular complexity index is 461. The van der Waals surface area contributed by atoms with E-state index in [1.54, 1.807) is 0 Å². The highest BCUT2D eigenvalue weighted by Gasteiger charge is 2.13. The van der Waals surface area contributed by atoms with Crippen molar-refractivity contribution in [1.82, 2.24) is 4.90 Å². The van der Waals surface area contributed by atoms with E-state index in [1.165, 1.54) is 0 Å². The fourth-order valence-corrected chi connectivity index (χ4v) is 2.77. The van der Waals surface area contributed by atoms with Crippen LogP contribution in [-0.4, -0.2) is 42.2 Å². The molecule has 0 spiro atoms. The fourth-order valence-electron chi connectivity index (χ4n) is 2.40. The van der Waals surface area contributed by atoms with Crippen molar-refractivity contribution in [2.45, 2.75) is 40.0 Å². The van der Waals surface area contributed by atoms with E-state index in [9.17, 15) is 4.79 Å². The summed E-state index contributed by atoms with van der Waals surface area (Å²) in [6.07, 6.45) is 2.81. The second-order valence-electron chi connectivity index (χ2n) is 5.69. The van der Waals surface area contributed by atoms with Crippen LogP contribution in [0.1, 0.15) is 37.3 Å². The molecule has 2 N–H and O–H groups in total. The maximum absolute atomic E-state index is 12.3. The molecule has 0 saturated heterocycles. The summed E-state index contributed by atoms with van der Waals surface area (Å²) in [5.41, 5.74) is 2.73. The molecule has 0 aromatic heterocycles. The molecule has 0 bridgehead atoms. The number of halogens is 1. The van der Waals surface area contributed by atoms with Crippen LogP contribution in [0.25, 0.3) is 0 Å². The van der Waals surface area contributed by atoms with Crippen LogP contribution in [0.15, 0.2) is 12.1 Å². The van der Waals surface area contributed by atoms with Gasteiger partial charge in [0.1, 0.15) is 0 Å². The van der Waals surface area contributed by atoms with E-state index in [2.05, 4.69) is 17.1 Å². The summed E-state index contributed by atoms with van der Waals surface area (Å²) in [5.74, 6) is -0.0668. The Morgan fingerprint density at radius 1 is 1.27 bits per heavy atom. The molecule has 0 saturated carbocycles. The molecule has 1 rings (SSSR count). The van der Waals surface area contributed by atoms with Crippen LogP contribution in [0, 0.1) is 13.8 Å². The van der Waals surface area contributed by atoms with Gasteiger partial charge in [0.05, 0.1) is 17.3 Å². The first-order chi connectivity index (χ1) is 10.5. The molecule has 1 aromatic carbocycles. The lowest BCUT2D eigenvalue weighted by Crippen LogP contribution is -2.35. The number of rotatable bonds is 9. The van der Waals surface area contributed by atoms with Gasteiger partial charge in [0.25, 0.3) is 0 Å². The summed E-state index contributed by atoms with van der Waals surface area (Å²) in [4.78, 5) is 14.3. The minimum absolute atomic E-state index is 0.0668. The van der Waals surface area contributed by atoms with Gasteiger partial charge in [-0.15, -0.1) is 0 Å². The van der Waals surface area contributed by atoms with E-state index in [0.29, 0.717) is 23.7 Å². The molecular weight excluding hydrogens is 300 g/mol. The maximum atomic E-state index is 12.3. The number of nitrogens with zero attached hydrogens (tertiary/aromatic N) is 1. The normalized spacial score (nSPS) is 11.0. The molecule has 124 valence electrons. The van der Waals surface area contributed by atoms with Gasteiger partial charge >= 0.3 is 0 Å². The summed E-state index contributed by atoms with van der Waals surface area (Å²) in [7, 11) is 0. The van der Waals surface area contributed by atoms with Crippen LogP contribution in [0.4, 0.5) is 5.69 Å². The number of carbonyl (C=O) groups excluding carboxylic acids is 1. The molecular formula is C17H27ClN2O2. The SMILES string of the molecule is CCCCN(CCCO)CC(=O)Nc1c(C)cc(C)cc1Cl. The van der Waals surface area contributed by atoms with Gasteiger partial charge in [0, 0.05) is 13.2 Å². The van der Waals surface area contributed by atoms with Gasteiger partial charge in [0.15, 0.2) is 0 Å². The van der Waals surface area contributed by atoms with E-state index in [1.807, 2.05) is 26.0 Å². The first-order valence-electron chi connectivity index (χ1n) is 7.87. The molecule has 0 aliphatic carbocycles. The molecule has 4 nitrogen and oxygen atoms in total. The summed E-state index contributed by atoms with van der Waals surface area (Å²) in [5, 5.41) is 12.4. The third-order valence-electron chi connectivity index (χ3n) is 3.52. The first-order valence-corrected chi connectivity index (χ1v) is 8.25. The molecule has 0 aliphatic heterocycles. The third kappa shape index (κ3) is 6.34. The van der Waals surface area contributed by atoms with Crippen LogP contribution >= 0.6 is 11.6 Å². The van der Waals surface area contributed by atoms with Gasteiger partial charge in [-0.25, -0.2) is 0 Å². The fraction of sp³-hybridized carbons (Fsp3) is 0.588. The Morgan fingerprint density at radius 3 is 2.55 bits per heavy atom. The average Bonchev–Trinajstić information content (AvgIpc) is 2.45. The van der Waals surface area contributed by atoms with Crippen molar-refractivity contribution in [3.63, 3.8) is 0 Å². The molecule has 5 heteroatoms. The largest absolute Gasteiger partial charge is 0.396 e. The third-order valence-corrected chi connectivity index (χ3v) is 3.82. The summed E-state index contributed by atoms with van der Waals surface area (Å²) in [6.45, 7) is 8.10. The number of hydrogen-bond acceptors (Lipinski definition) is 3. The lowest BCUT2D eigenvalue weighted by Gasteiger charge is -2.21. The van der Waals surface area contributed by atoms with Crippen molar-refractivity contribution in [2.75, 3.05) is 31.6 Å². The Kier molecular flexibility index (Phi) is 8.46. The smallest absolute Gasteiger partial charge is 0.238 e. The van der Waals surface area contributed by atoms with Gasteiger partial charge in [-0.1, -0.05) is 31.0 Å². The summed E-state index contributed by atoms with van der Waals surface area (Å²) >= 11 is 6.22. The Balaban J connectivity index is 2.66. The number of benzene rings is 1. The van der Waals surface area contributed by atoms with Crippen molar-refractivity contribution in [3.8, 4) is 0 Å². The Hall–Kier alpha value is -1.10. The molecule has 1 amide bonds. The van der Waals surface area contributed by atoms with Gasteiger partial charge in [0.2, 0.25) is 5.91 Å². The number of nitrogens with one attached hydrogen (secondary N) is 1. The molecule has 0 heterocycles. The quantitative estimate of drug-likeness (QED) is 0.731. The van der Waals surface area contributed by atoms with E-state index in [4.69, 9.17) is 16.7 Å². The molecule has 0 atom stereocenters. The second kappa shape index (κ2) is 9.82. The summed E-state index contributed by atoms with van der Waals surface area (Å²) in [6, 6.07) is 3.85. The average molecular weight is 327 g/mol. The number of aliphatic hydroxyl groups excluding tert-OH is 1. The lowest BCUT2D eigenvalue weighted by molar-refractivity contribution is -0.117. The van der Waals surface area contributed by atoms with Gasteiger partial charge < -0.3 is 10.4 Å². The van der Waals surface area contributed by atoms with Crippen LogP contribution < -0.4 is 5.32 Å². The highest BCUT2D eigenvalue weighted by molar-refractivity contribution is 6.34. The number of aryl methyl sites for hydroxylation is 2. The monoisotopic (exact) mass is 326 g/mol. The predicted octanol–water partition coefficient (Wildman–Crippen LogP) is 3.38. The Labute approximate surface area is 138 Å². The van der Waals surface area contributed by atoms with E-state index < -0.39 is 0 Å². The highest BCUT2D eigenvalue weighted by atomic mass is 35.5. The van der Waals surface area contributed by atoms with Crippen molar-refractivity contribution in [1.29, 1.82) is 0 Å². The molecule has 22 heavy (non-hydrogen) atoms. The lowest BCUT2D eigenvalue weighted by atomic mass is 10.1. The van der Waals surface area contributed by atoms with E-state index >= 15 is 0 Å². The van der Waals surface area contributed by atoms with Gasteiger partial charge in [-0.2, -0.15) is 0 Å². The van der Waals surface area contributed by atoms with Crippen LogP contribution in [0.5, 0.6) is 0 Å². The molecule has 0 aliphatic rings. The number of amides is 1. The van der Waals surface area contributed by atoms with Crippen molar-refractivity contribution < 1.29 is 9.90 Å². The molecule has 0 fully saturated rings. The molecule has 0 radical (unpaired) electrons. The van der Waals surface area contributed by atoms with Crippen molar-refractivity contribution in [3.05, 3.63) is 28.3 Å². The van der Waals surface area contributed by atoms with Crippen LogP contribution in [0.2, 0.25) is 5.02 Å². The number of carbonyl (C=O) groups is 1. The minimum Gasteiger partial charge on any atom is -0.396 e. The number of hydrogen-bond donors (Lipinski definition) is 2. The van der Waals surface area contributed by atoms with Gasteiger partial charge in [-0.05, 0) is 50.4 Å². The highest BCUT2D eigenvalue weighted by Crippen LogP contribution is 2.27. The van der Waals surface area contributed by atoms with Crippen LogP contribution in [-0.2, 0) is 4.79 Å². The second-order valence-corrected chi connectivity index (χ2v) is 6.10. The van der Waals surface area contributed by atoms with Gasteiger partial charge in [-0.3, -0.25) is 9.69 Å². The zero-order valence-corrected chi connectivity index (χ0v) is 14.5. The number of anilines is 1. The summed E-state index contributed by atoms with van der Waals surface area (Å²) < 4.78 is 0. The minimum atomic E-state index is -0.0668. The molecule has 0 unspecified atom stereocenters. The zero-order chi connectivity index (χ0) is 16.5. The van der Waals surface area contributed by atoms with Crippen molar-refractivity contribution >= 4 is 23.2 Å². The standard InChI is InChI=1S/C17H27ClN2O2/c1-4-5-7-20(8-6-9-21)12-16(22)19-17-14(3)10-13(2)11-15(17)18/h10-11,21H,4-9,12H2,1-3H3,(H,19,22). The van der Waals surface area contributed by atoms with E-state index in [-0.39, 0.29) is 12.5 Å². The molecule has 1 aromatic rings. The van der Waals surface area contributed by atoms with Crippen LogP contribution in [0.3, 0.4) is 0 Å². The maximum Gasteiger partial charge on any atom is 0.238 e. The first kappa shape index (κ1) is 18.9. The Morgan fingerprint density at radius 2 is 1.95 bits per heavy atom. The number of aliphatic hydroxyl groups is 1. The van der Waals surface area contributed by atoms with E-state index in [0.717, 1.165) is 37.1 Å². The topological polar surface area (TPSA) is 52.6 Å². The zero-order valence-electron chi connectivity index (χ0n) is 13.8. The predicted molar refractivity (Wildman–Crippen MR) is 92.6 cm³/mol. The van der Waals surface area contributed by atoms with Crippen molar-refractivity contribution in [2.24, 2.45) is 0 Å². The number of unbranched alkanes of at least 4 members (excludes halogenated alkanes) is 1.